The van der Waals surface area contributed by atoms with Crippen LogP contribution in [0.25, 0.3) is 10.9 Å². The summed E-state index contributed by atoms with van der Waals surface area (Å²) < 4.78 is 0. The monoisotopic (exact) mass is 334 g/mol. The van der Waals surface area contributed by atoms with Crippen molar-refractivity contribution in [2.24, 2.45) is 0 Å². The van der Waals surface area contributed by atoms with Gasteiger partial charge < -0.3 is 5.32 Å². The second-order valence-corrected chi connectivity index (χ2v) is 6.61. The zero-order chi connectivity index (χ0) is 18.0. The van der Waals surface area contributed by atoms with E-state index >= 15 is 0 Å². The number of nitrogens with one attached hydrogen (secondary N) is 2. The molecule has 0 saturated heterocycles. The van der Waals surface area contributed by atoms with E-state index in [2.05, 4.69) is 41.5 Å². The Hall–Kier alpha value is -2.88. The van der Waals surface area contributed by atoms with Crippen LogP contribution in [0.15, 0.2) is 48.5 Å². The van der Waals surface area contributed by atoms with Gasteiger partial charge in [0.2, 0.25) is 0 Å². The molecule has 1 aromatic heterocycles. The molecule has 3 aromatic rings. The molecule has 0 spiro atoms. The number of benzene rings is 2. The van der Waals surface area contributed by atoms with Crippen molar-refractivity contribution in [3.05, 3.63) is 65.2 Å². The van der Waals surface area contributed by atoms with Crippen molar-refractivity contribution in [3.63, 3.8) is 0 Å². The Morgan fingerprint density at radius 3 is 2.44 bits per heavy atom. The minimum Gasteiger partial charge on any atom is -0.322 e. The molecule has 0 radical (unpaired) electrons. The maximum atomic E-state index is 12.5. The van der Waals surface area contributed by atoms with Gasteiger partial charge >= 0.3 is 0 Å². The minimum atomic E-state index is -0.0286. The molecule has 4 nitrogen and oxygen atoms in total. The van der Waals surface area contributed by atoms with Crippen LogP contribution >= 0.6 is 0 Å². The van der Waals surface area contributed by atoms with Crippen LogP contribution in [0.3, 0.4) is 0 Å². The lowest BCUT2D eigenvalue weighted by molar-refractivity contribution is -0.330. The summed E-state index contributed by atoms with van der Waals surface area (Å²) in [6.07, 6.45) is 0. The first-order valence-corrected chi connectivity index (χ1v) is 8.44. The molecule has 0 bridgehead atoms. The molecule has 2 N–H and O–H groups in total. The number of fused-ring (bicyclic) bond motifs is 1. The van der Waals surface area contributed by atoms with E-state index in [1.807, 2.05) is 50.1 Å². The van der Waals surface area contributed by atoms with Crippen molar-refractivity contribution in [2.75, 3.05) is 23.8 Å². The molecule has 0 atom stereocenters. The van der Waals surface area contributed by atoms with Crippen molar-refractivity contribution in [3.8, 4) is 0 Å². The van der Waals surface area contributed by atoms with Gasteiger partial charge in [-0.25, -0.2) is 4.98 Å². The number of amides is 1. The Morgan fingerprint density at radius 1 is 1.04 bits per heavy atom. The zero-order valence-corrected chi connectivity index (χ0v) is 15.2. The van der Waals surface area contributed by atoms with Crippen LogP contribution < -0.4 is 15.2 Å². The van der Waals surface area contributed by atoms with Crippen LogP contribution in [-0.2, 0) is 4.79 Å². The SMILES string of the molecule is Cc1cc(C)c(NC(=O)CN(C)c2ccc3ccccc3[nH+]2)c(C)c1. The van der Waals surface area contributed by atoms with Crippen LogP contribution in [0.1, 0.15) is 16.7 Å². The second kappa shape index (κ2) is 6.93. The lowest BCUT2D eigenvalue weighted by Gasteiger charge is -2.15. The van der Waals surface area contributed by atoms with Gasteiger partial charge in [-0.3, -0.25) is 9.69 Å². The van der Waals surface area contributed by atoms with E-state index in [-0.39, 0.29) is 12.5 Å². The predicted molar refractivity (Wildman–Crippen MR) is 103 cm³/mol. The number of para-hydroxylation sites is 1. The first kappa shape index (κ1) is 17.0. The van der Waals surface area contributed by atoms with E-state index in [0.717, 1.165) is 33.5 Å². The summed E-state index contributed by atoms with van der Waals surface area (Å²) in [5.74, 6) is 0.880. The number of likely N-dealkylation sites (N-methyl/N-ethyl adjacent to an activating group) is 1. The van der Waals surface area contributed by atoms with Gasteiger partial charge in [0.05, 0.1) is 7.05 Å². The number of aromatic nitrogens is 1. The second-order valence-electron chi connectivity index (χ2n) is 6.61. The number of nitrogens with zero attached hydrogens (tertiary/aromatic N) is 1. The summed E-state index contributed by atoms with van der Waals surface area (Å²) in [6, 6.07) is 16.3. The number of hydrogen-bond donors (Lipinski definition) is 1. The molecule has 0 aliphatic heterocycles. The van der Waals surface area contributed by atoms with Crippen molar-refractivity contribution in [1.29, 1.82) is 0 Å². The van der Waals surface area contributed by atoms with Crippen LogP contribution in [0.5, 0.6) is 0 Å². The molecule has 3 rings (SSSR count). The van der Waals surface area contributed by atoms with E-state index in [0.29, 0.717) is 0 Å². The Labute approximate surface area is 148 Å². The molecular formula is C21H24N3O+. The summed E-state index contributed by atoms with van der Waals surface area (Å²) in [5, 5.41) is 4.20. The third-order valence-corrected chi connectivity index (χ3v) is 4.38. The Balaban J connectivity index is 1.73. The fourth-order valence-electron chi connectivity index (χ4n) is 3.18. The van der Waals surface area contributed by atoms with E-state index in [1.54, 1.807) is 0 Å². The highest BCUT2D eigenvalue weighted by Crippen LogP contribution is 2.22. The Morgan fingerprint density at radius 2 is 1.72 bits per heavy atom. The van der Waals surface area contributed by atoms with Crippen LogP contribution in [0.4, 0.5) is 11.5 Å². The maximum absolute atomic E-state index is 12.5. The average Bonchev–Trinajstić information content (AvgIpc) is 2.57. The normalized spacial score (nSPS) is 10.7. The van der Waals surface area contributed by atoms with Gasteiger partial charge in [-0.1, -0.05) is 35.9 Å². The third-order valence-electron chi connectivity index (χ3n) is 4.38. The zero-order valence-electron chi connectivity index (χ0n) is 15.2. The number of rotatable bonds is 4. The number of pyridine rings is 1. The number of H-pyrrole nitrogens is 1. The molecular weight excluding hydrogens is 310 g/mol. The van der Waals surface area contributed by atoms with Gasteiger partial charge in [-0.2, -0.15) is 0 Å². The molecule has 0 saturated carbocycles. The van der Waals surface area contributed by atoms with Crippen molar-refractivity contribution < 1.29 is 9.78 Å². The summed E-state index contributed by atoms with van der Waals surface area (Å²) >= 11 is 0. The fraction of sp³-hybridized carbons (Fsp3) is 0.238. The van der Waals surface area contributed by atoms with Gasteiger partial charge in [-0.05, 0) is 44.0 Å². The van der Waals surface area contributed by atoms with E-state index in [1.165, 1.54) is 5.56 Å². The highest BCUT2D eigenvalue weighted by atomic mass is 16.2. The lowest BCUT2D eigenvalue weighted by atomic mass is 10.1. The molecule has 2 aromatic carbocycles. The molecule has 1 amide bonds. The van der Waals surface area contributed by atoms with E-state index in [9.17, 15) is 4.79 Å². The van der Waals surface area contributed by atoms with Crippen molar-refractivity contribution in [2.45, 2.75) is 20.8 Å². The van der Waals surface area contributed by atoms with Crippen LogP contribution in [-0.4, -0.2) is 19.5 Å². The van der Waals surface area contributed by atoms with Gasteiger partial charge in [0.1, 0.15) is 5.52 Å². The molecule has 4 heteroatoms. The minimum absolute atomic E-state index is 0.0286. The topological polar surface area (TPSA) is 46.5 Å². The predicted octanol–water partition coefficient (Wildman–Crippen LogP) is 3.65. The number of aromatic amines is 1. The van der Waals surface area contributed by atoms with Crippen molar-refractivity contribution in [1.82, 2.24) is 0 Å². The highest BCUT2D eigenvalue weighted by molar-refractivity contribution is 5.95. The number of carbonyl (C=O) groups is 1. The summed E-state index contributed by atoms with van der Waals surface area (Å²) in [5.41, 5.74) is 5.34. The molecule has 128 valence electrons. The quantitative estimate of drug-likeness (QED) is 0.791. The summed E-state index contributed by atoms with van der Waals surface area (Å²) in [4.78, 5) is 17.8. The number of carbonyl (C=O) groups excluding carboxylic acids is 1. The molecule has 0 unspecified atom stereocenters. The molecule has 0 aliphatic rings. The van der Waals surface area contributed by atoms with Crippen molar-refractivity contribution >= 4 is 28.3 Å². The molecule has 25 heavy (non-hydrogen) atoms. The molecule has 1 heterocycles. The van der Waals surface area contributed by atoms with Crippen LogP contribution in [0.2, 0.25) is 0 Å². The number of anilines is 2. The van der Waals surface area contributed by atoms with E-state index < -0.39 is 0 Å². The highest BCUT2D eigenvalue weighted by Gasteiger charge is 2.17. The van der Waals surface area contributed by atoms with Crippen LogP contribution in [0, 0.1) is 20.8 Å². The van der Waals surface area contributed by atoms with Gasteiger partial charge in [0.25, 0.3) is 11.7 Å². The number of aryl methyl sites for hydroxylation is 3. The first-order chi connectivity index (χ1) is 11.9. The molecule has 0 fully saturated rings. The summed E-state index contributed by atoms with van der Waals surface area (Å²) in [6.45, 7) is 6.39. The first-order valence-electron chi connectivity index (χ1n) is 8.44. The smallest absolute Gasteiger partial charge is 0.275 e. The standard InChI is InChI=1S/C21H23N3O/c1-14-11-15(2)21(16(3)12-14)23-20(25)13-24(4)19-10-9-17-7-5-6-8-18(17)22-19/h5-12H,13H2,1-4H3,(H,23,25)/p+1. The van der Waals surface area contributed by atoms with Gasteiger partial charge in [-0.15, -0.1) is 0 Å². The Bertz CT molecular complexity index is 910. The average molecular weight is 334 g/mol. The maximum Gasteiger partial charge on any atom is 0.275 e. The van der Waals surface area contributed by atoms with Gasteiger partial charge in [0, 0.05) is 17.1 Å². The van der Waals surface area contributed by atoms with Gasteiger partial charge in [0.15, 0.2) is 6.54 Å². The Kier molecular flexibility index (Phi) is 4.70. The summed E-state index contributed by atoms with van der Waals surface area (Å²) in [7, 11) is 1.91. The molecule has 0 aliphatic carbocycles. The largest absolute Gasteiger partial charge is 0.322 e. The fourth-order valence-corrected chi connectivity index (χ4v) is 3.18. The number of hydrogen-bond acceptors (Lipinski definition) is 2. The lowest BCUT2D eigenvalue weighted by Crippen LogP contribution is -2.33. The van der Waals surface area contributed by atoms with E-state index in [4.69, 9.17) is 0 Å². The third kappa shape index (κ3) is 3.79.